The van der Waals surface area contributed by atoms with Crippen LogP contribution in [0.2, 0.25) is 0 Å². The number of likely N-dealkylation sites (N-methyl/N-ethyl adjacent to an activating group) is 1. The van der Waals surface area contributed by atoms with Crippen molar-refractivity contribution in [1.29, 1.82) is 0 Å². The molecule has 0 bridgehead atoms. The van der Waals surface area contributed by atoms with E-state index in [1.54, 1.807) is 0 Å². The molecule has 0 radical (unpaired) electrons. The molecule has 0 aliphatic heterocycles. The first kappa shape index (κ1) is 14.7. The van der Waals surface area contributed by atoms with Crippen LogP contribution in [0.5, 0.6) is 0 Å². The molecule has 2 heteroatoms. The van der Waals surface area contributed by atoms with Crippen LogP contribution in [0.4, 0.5) is 0 Å². The van der Waals surface area contributed by atoms with Crippen LogP contribution in [0.15, 0.2) is 48.7 Å². The van der Waals surface area contributed by atoms with Crippen molar-refractivity contribution < 1.29 is 0 Å². The Kier molecular flexibility index (Phi) is 5.75. The van der Waals surface area contributed by atoms with Crippen molar-refractivity contribution in [1.82, 2.24) is 10.3 Å². The molecule has 106 valence electrons. The quantitative estimate of drug-likeness (QED) is 0.830. The molecule has 0 aliphatic rings. The van der Waals surface area contributed by atoms with Crippen molar-refractivity contribution in [3.05, 3.63) is 65.5 Å². The van der Waals surface area contributed by atoms with Crippen LogP contribution < -0.4 is 5.32 Å². The number of aromatic nitrogens is 1. The minimum Gasteiger partial charge on any atom is -0.314 e. The molecule has 0 saturated heterocycles. The van der Waals surface area contributed by atoms with Gasteiger partial charge in [-0.25, -0.2) is 0 Å². The van der Waals surface area contributed by atoms with Gasteiger partial charge in [-0.3, -0.25) is 4.98 Å². The standard InChI is InChI=1S/C18H24N2/c1-3-19-17(12-11-16-9-5-4-6-10-16)14-18-15(2)8-7-13-20-18/h4-10,13,17,19H,3,11-12,14H2,1-2H3. The summed E-state index contributed by atoms with van der Waals surface area (Å²) in [5.41, 5.74) is 3.91. The van der Waals surface area contributed by atoms with Crippen molar-refractivity contribution in [2.24, 2.45) is 0 Å². The van der Waals surface area contributed by atoms with Crippen molar-refractivity contribution in [3.8, 4) is 0 Å². The lowest BCUT2D eigenvalue weighted by molar-refractivity contribution is 0.486. The number of pyridine rings is 1. The molecule has 1 atom stereocenters. The fourth-order valence-corrected chi connectivity index (χ4v) is 2.52. The Hall–Kier alpha value is -1.67. The van der Waals surface area contributed by atoms with E-state index in [-0.39, 0.29) is 0 Å². The van der Waals surface area contributed by atoms with Crippen LogP contribution in [-0.4, -0.2) is 17.6 Å². The molecule has 2 rings (SSSR count). The van der Waals surface area contributed by atoms with Gasteiger partial charge in [0.15, 0.2) is 0 Å². The Balaban J connectivity index is 1.95. The van der Waals surface area contributed by atoms with Crippen LogP contribution in [0, 0.1) is 6.92 Å². The second-order valence-corrected chi connectivity index (χ2v) is 5.25. The van der Waals surface area contributed by atoms with E-state index >= 15 is 0 Å². The van der Waals surface area contributed by atoms with E-state index < -0.39 is 0 Å². The van der Waals surface area contributed by atoms with Gasteiger partial charge in [-0.15, -0.1) is 0 Å². The fourth-order valence-electron chi connectivity index (χ4n) is 2.52. The molecule has 20 heavy (non-hydrogen) atoms. The van der Waals surface area contributed by atoms with Crippen molar-refractivity contribution in [2.45, 2.75) is 39.2 Å². The Morgan fingerprint density at radius 2 is 1.90 bits per heavy atom. The summed E-state index contributed by atoms with van der Waals surface area (Å²) >= 11 is 0. The van der Waals surface area contributed by atoms with Gasteiger partial charge in [0.25, 0.3) is 0 Å². The van der Waals surface area contributed by atoms with Gasteiger partial charge in [0.05, 0.1) is 0 Å². The largest absolute Gasteiger partial charge is 0.314 e. The minimum absolute atomic E-state index is 0.494. The highest BCUT2D eigenvalue weighted by atomic mass is 14.9. The zero-order valence-electron chi connectivity index (χ0n) is 12.5. The number of nitrogens with zero attached hydrogens (tertiary/aromatic N) is 1. The van der Waals surface area contributed by atoms with Crippen LogP contribution in [0.3, 0.4) is 0 Å². The number of rotatable bonds is 7. The lowest BCUT2D eigenvalue weighted by atomic mass is 10.00. The summed E-state index contributed by atoms with van der Waals surface area (Å²) in [6, 6.07) is 15.3. The van der Waals surface area contributed by atoms with Gasteiger partial charge in [0.2, 0.25) is 0 Å². The molecule has 0 aliphatic carbocycles. The topological polar surface area (TPSA) is 24.9 Å². The zero-order chi connectivity index (χ0) is 14.2. The van der Waals surface area contributed by atoms with Crippen molar-refractivity contribution in [3.63, 3.8) is 0 Å². The SMILES string of the molecule is CCNC(CCc1ccccc1)Cc1ncccc1C. The summed E-state index contributed by atoms with van der Waals surface area (Å²) in [6.45, 7) is 5.31. The van der Waals surface area contributed by atoms with E-state index in [1.807, 2.05) is 12.3 Å². The van der Waals surface area contributed by atoms with E-state index in [0.29, 0.717) is 6.04 Å². The smallest absolute Gasteiger partial charge is 0.0448 e. The van der Waals surface area contributed by atoms with E-state index in [4.69, 9.17) is 0 Å². The lowest BCUT2D eigenvalue weighted by Crippen LogP contribution is -2.32. The second-order valence-electron chi connectivity index (χ2n) is 5.25. The van der Waals surface area contributed by atoms with E-state index in [9.17, 15) is 0 Å². The molecule has 1 aromatic heterocycles. The molecule has 2 nitrogen and oxygen atoms in total. The highest BCUT2D eigenvalue weighted by Gasteiger charge is 2.11. The molecular formula is C18H24N2. The molecule has 0 spiro atoms. The normalized spacial score (nSPS) is 12.3. The molecular weight excluding hydrogens is 244 g/mol. The van der Waals surface area contributed by atoms with Crippen molar-refractivity contribution in [2.75, 3.05) is 6.54 Å². The number of aryl methyl sites for hydroxylation is 2. The van der Waals surface area contributed by atoms with Gasteiger partial charge >= 0.3 is 0 Å². The summed E-state index contributed by atoms with van der Waals surface area (Å²) in [6.07, 6.45) is 5.16. The maximum Gasteiger partial charge on any atom is 0.0448 e. The Bertz CT molecular complexity index is 508. The Morgan fingerprint density at radius 3 is 2.60 bits per heavy atom. The van der Waals surface area contributed by atoms with Gasteiger partial charge in [-0.2, -0.15) is 0 Å². The average molecular weight is 268 g/mol. The average Bonchev–Trinajstić information content (AvgIpc) is 2.48. The lowest BCUT2D eigenvalue weighted by Gasteiger charge is -2.18. The van der Waals surface area contributed by atoms with E-state index in [0.717, 1.165) is 25.8 Å². The monoisotopic (exact) mass is 268 g/mol. The molecule has 1 unspecified atom stereocenters. The Labute approximate surface area is 122 Å². The maximum absolute atomic E-state index is 4.52. The van der Waals surface area contributed by atoms with Gasteiger partial charge in [-0.05, 0) is 43.5 Å². The highest BCUT2D eigenvalue weighted by Crippen LogP contribution is 2.11. The van der Waals surface area contributed by atoms with Crippen molar-refractivity contribution >= 4 is 0 Å². The summed E-state index contributed by atoms with van der Waals surface area (Å²) in [5.74, 6) is 0. The zero-order valence-corrected chi connectivity index (χ0v) is 12.5. The fraction of sp³-hybridized carbons (Fsp3) is 0.389. The van der Waals surface area contributed by atoms with Crippen LogP contribution in [0.1, 0.15) is 30.2 Å². The summed E-state index contributed by atoms with van der Waals surface area (Å²) in [7, 11) is 0. The summed E-state index contributed by atoms with van der Waals surface area (Å²) in [4.78, 5) is 4.52. The summed E-state index contributed by atoms with van der Waals surface area (Å²) in [5, 5.41) is 3.59. The van der Waals surface area contributed by atoms with Gasteiger partial charge in [0.1, 0.15) is 0 Å². The third-order valence-electron chi connectivity index (χ3n) is 3.67. The highest BCUT2D eigenvalue weighted by molar-refractivity contribution is 5.19. The predicted octanol–water partition coefficient (Wildman–Crippen LogP) is 3.54. The third kappa shape index (κ3) is 4.46. The first-order valence-corrected chi connectivity index (χ1v) is 7.47. The third-order valence-corrected chi connectivity index (χ3v) is 3.67. The Morgan fingerprint density at radius 1 is 1.10 bits per heavy atom. The second kappa shape index (κ2) is 7.81. The van der Waals surface area contributed by atoms with Crippen LogP contribution in [0.25, 0.3) is 0 Å². The first-order chi connectivity index (χ1) is 9.79. The number of benzene rings is 1. The molecule has 2 aromatic rings. The van der Waals surface area contributed by atoms with Gasteiger partial charge < -0.3 is 5.32 Å². The molecule has 1 N–H and O–H groups in total. The molecule has 1 heterocycles. The summed E-state index contributed by atoms with van der Waals surface area (Å²) < 4.78 is 0. The first-order valence-electron chi connectivity index (χ1n) is 7.47. The molecule has 0 fully saturated rings. The van der Waals surface area contributed by atoms with E-state index in [1.165, 1.54) is 16.8 Å². The number of nitrogens with one attached hydrogen (secondary N) is 1. The molecule has 0 saturated carbocycles. The predicted molar refractivity (Wildman–Crippen MR) is 84.9 cm³/mol. The van der Waals surface area contributed by atoms with Crippen LogP contribution in [-0.2, 0) is 12.8 Å². The van der Waals surface area contributed by atoms with Gasteiger partial charge in [0, 0.05) is 24.4 Å². The molecule has 0 amide bonds. The van der Waals surface area contributed by atoms with E-state index in [2.05, 4.69) is 60.5 Å². The van der Waals surface area contributed by atoms with Crippen LogP contribution >= 0.6 is 0 Å². The number of hydrogen-bond acceptors (Lipinski definition) is 2. The molecule has 1 aromatic carbocycles. The number of hydrogen-bond donors (Lipinski definition) is 1. The maximum atomic E-state index is 4.52. The van der Waals surface area contributed by atoms with Gasteiger partial charge in [-0.1, -0.05) is 43.3 Å². The minimum atomic E-state index is 0.494.